The first-order valence-electron chi connectivity index (χ1n) is 8.59. The number of non-ortho nitro benzene ring substituents is 1. The predicted octanol–water partition coefficient (Wildman–Crippen LogP) is -0.396. The van der Waals surface area contributed by atoms with Crippen LogP contribution in [0.2, 0.25) is 0 Å². The van der Waals surface area contributed by atoms with Gasteiger partial charge in [-0.2, -0.15) is 0 Å². The molecular weight excluding hydrogens is 386 g/mol. The number of nitrogens with zero attached hydrogens (tertiary/aromatic N) is 1. The van der Waals surface area contributed by atoms with Gasteiger partial charge in [-0.25, -0.2) is 0 Å². The number of hydrogen-bond acceptors (Lipinski definition) is 9. The second kappa shape index (κ2) is 10.2. The number of carbonyl (C=O) groups excluding carboxylic acids is 1. The molecule has 2 aromatic rings. The van der Waals surface area contributed by atoms with E-state index in [0.29, 0.717) is 11.1 Å². The Bertz CT molecular complexity index is 807. The second-order valence-electron chi connectivity index (χ2n) is 6.22. The molecule has 10 nitrogen and oxygen atoms in total. The van der Waals surface area contributed by atoms with E-state index < -0.39 is 42.2 Å². The Morgan fingerprint density at radius 1 is 0.897 bits per heavy atom. The molecule has 0 bridgehead atoms. The number of aliphatic hydroxyl groups is 5. The zero-order valence-electron chi connectivity index (χ0n) is 15.1. The van der Waals surface area contributed by atoms with Gasteiger partial charge in [-0.3, -0.25) is 14.9 Å². The minimum Gasteiger partial charge on any atom is -0.394 e. The minimum absolute atomic E-state index is 0.0189. The van der Waals surface area contributed by atoms with Crippen LogP contribution in [0.25, 0.3) is 0 Å². The van der Waals surface area contributed by atoms with Gasteiger partial charge in [0.15, 0.2) is 12.1 Å². The Kier molecular flexibility index (Phi) is 7.91. The monoisotopic (exact) mass is 407 g/mol. The normalized spacial score (nSPS) is 26.2. The lowest BCUT2D eigenvalue weighted by Gasteiger charge is -2.37. The standard InChI is InChI=1S/C13H9NO3.C6H12O6/c15-13(10-4-2-1-3-5-10)11-6-8-12(9-7-11)14(16)17;7-1-2-3(8)4(9)5(10)6(11)12-2/h1-9H;2-11H,1H2/t;2-,3-,4+,5-,6+/m.1/s1. The smallest absolute Gasteiger partial charge is 0.269 e. The van der Waals surface area contributed by atoms with Crippen LogP contribution in [0.4, 0.5) is 5.69 Å². The van der Waals surface area contributed by atoms with E-state index in [2.05, 4.69) is 4.74 Å². The molecule has 5 atom stereocenters. The summed E-state index contributed by atoms with van der Waals surface area (Å²) in [7, 11) is 0. The highest BCUT2D eigenvalue weighted by atomic mass is 16.6. The van der Waals surface area contributed by atoms with Crippen molar-refractivity contribution in [3.05, 3.63) is 75.8 Å². The summed E-state index contributed by atoms with van der Waals surface area (Å²) in [6.07, 6.45) is -7.04. The van der Waals surface area contributed by atoms with Gasteiger partial charge in [0.05, 0.1) is 11.5 Å². The zero-order valence-corrected chi connectivity index (χ0v) is 15.1. The number of benzene rings is 2. The topological polar surface area (TPSA) is 171 Å². The molecule has 0 unspecified atom stereocenters. The van der Waals surface area contributed by atoms with Crippen LogP contribution in [0.15, 0.2) is 54.6 Å². The van der Waals surface area contributed by atoms with Gasteiger partial charge in [0, 0.05) is 23.3 Å². The number of nitro benzene ring substituents is 1. The third-order valence-corrected chi connectivity index (χ3v) is 4.24. The van der Waals surface area contributed by atoms with Crippen molar-refractivity contribution < 1.29 is 40.0 Å². The molecular formula is C19H21NO9. The summed E-state index contributed by atoms with van der Waals surface area (Å²) in [5, 5.41) is 55.1. The van der Waals surface area contributed by atoms with Crippen molar-refractivity contribution in [3.63, 3.8) is 0 Å². The first-order chi connectivity index (χ1) is 13.8. The van der Waals surface area contributed by atoms with E-state index in [0.717, 1.165) is 0 Å². The van der Waals surface area contributed by atoms with Crippen molar-refractivity contribution in [3.8, 4) is 0 Å². The Morgan fingerprint density at radius 2 is 1.45 bits per heavy atom. The summed E-state index contributed by atoms with van der Waals surface area (Å²) in [6.45, 7) is -0.526. The SMILES string of the molecule is O=C(c1ccccc1)c1ccc([N+](=O)[O-])cc1.OC[C@H]1O[C@H](O)[C@H](O)[C@@H](O)[C@@H]1O. The lowest BCUT2D eigenvalue weighted by Crippen LogP contribution is -2.58. The maximum atomic E-state index is 12.0. The third kappa shape index (κ3) is 5.64. The van der Waals surface area contributed by atoms with Crippen LogP contribution in [-0.2, 0) is 4.74 Å². The van der Waals surface area contributed by atoms with Gasteiger partial charge in [-0.15, -0.1) is 0 Å². The van der Waals surface area contributed by atoms with Crippen molar-refractivity contribution in [2.24, 2.45) is 0 Å². The molecule has 0 spiro atoms. The average Bonchev–Trinajstić information content (AvgIpc) is 2.75. The van der Waals surface area contributed by atoms with Gasteiger partial charge in [0.1, 0.15) is 24.4 Å². The van der Waals surface area contributed by atoms with Crippen LogP contribution >= 0.6 is 0 Å². The molecule has 0 radical (unpaired) electrons. The van der Waals surface area contributed by atoms with Crippen molar-refractivity contribution in [2.75, 3.05) is 6.61 Å². The van der Waals surface area contributed by atoms with Gasteiger partial charge >= 0.3 is 0 Å². The second-order valence-corrected chi connectivity index (χ2v) is 6.22. The summed E-state index contributed by atoms with van der Waals surface area (Å²) >= 11 is 0. The van der Waals surface area contributed by atoms with E-state index in [1.807, 2.05) is 6.07 Å². The van der Waals surface area contributed by atoms with E-state index in [4.69, 9.17) is 25.5 Å². The van der Waals surface area contributed by atoms with Crippen molar-refractivity contribution in [1.29, 1.82) is 0 Å². The fourth-order valence-corrected chi connectivity index (χ4v) is 2.57. The summed E-state index contributed by atoms with van der Waals surface area (Å²) in [5.41, 5.74) is 0.998. The highest BCUT2D eigenvalue weighted by molar-refractivity contribution is 6.09. The van der Waals surface area contributed by atoms with E-state index >= 15 is 0 Å². The summed E-state index contributed by atoms with van der Waals surface area (Å²) in [6, 6.07) is 14.4. The molecule has 29 heavy (non-hydrogen) atoms. The fraction of sp³-hybridized carbons (Fsp3) is 0.316. The summed E-state index contributed by atoms with van der Waals surface area (Å²) in [5.74, 6) is -0.138. The minimum atomic E-state index is -1.57. The maximum absolute atomic E-state index is 12.0. The van der Waals surface area contributed by atoms with Crippen LogP contribution in [0, 0.1) is 10.1 Å². The predicted molar refractivity (Wildman–Crippen MR) is 99.0 cm³/mol. The first kappa shape index (κ1) is 22.6. The molecule has 156 valence electrons. The first-order valence-corrected chi connectivity index (χ1v) is 8.59. The Balaban J connectivity index is 0.000000221. The molecule has 1 aliphatic heterocycles. The van der Waals surface area contributed by atoms with Crippen LogP contribution < -0.4 is 0 Å². The Labute approximate surface area is 165 Å². The summed E-state index contributed by atoms with van der Waals surface area (Å²) < 4.78 is 4.58. The molecule has 2 aromatic carbocycles. The molecule has 0 aromatic heterocycles. The van der Waals surface area contributed by atoms with Gasteiger partial charge < -0.3 is 30.3 Å². The number of rotatable bonds is 4. The fourth-order valence-electron chi connectivity index (χ4n) is 2.57. The lowest BCUT2D eigenvalue weighted by molar-refractivity contribution is -0.384. The van der Waals surface area contributed by atoms with E-state index in [1.165, 1.54) is 24.3 Å². The number of carbonyl (C=O) groups is 1. The average molecular weight is 407 g/mol. The number of hydrogen-bond donors (Lipinski definition) is 5. The molecule has 1 heterocycles. The number of ketones is 1. The number of nitro groups is 1. The van der Waals surface area contributed by atoms with E-state index in [1.54, 1.807) is 24.3 Å². The van der Waals surface area contributed by atoms with Crippen LogP contribution in [0.1, 0.15) is 15.9 Å². The molecule has 5 N–H and O–H groups in total. The van der Waals surface area contributed by atoms with E-state index in [-0.39, 0.29) is 11.5 Å². The van der Waals surface area contributed by atoms with Gasteiger partial charge in [-0.05, 0) is 12.1 Å². The van der Waals surface area contributed by atoms with Gasteiger partial charge in [0.25, 0.3) is 5.69 Å². The number of aliphatic hydroxyl groups excluding tert-OH is 5. The molecule has 0 saturated carbocycles. The molecule has 10 heteroatoms. The van der Waals surface area contributed by atoms with Crippen molar-refractivity contribution >= 4 is 11.5 Å². The molecule has 0 aliphatic carbocycles. The molecule has 1 fully saturated rings. The highest BCUT2D eigenvalue weighted by Gasteiger charge is 2.42. The molecule has 0 amide bonds. The van der Waals surface area contributed by atoms with E-state index in [9.17, 15) is 14.9 Å². The maximum Gasteiger partial charge on any atom is 0.269 e. The lowest BCUT2D eigenvalue weighted by atomic mass is 10.00. The van der Waals surface area contributed by atoms with Gasteiger partial charge in [0.2, 0.25) is 0 Å². The van der Waals surface area contributed by atoms with Gasteiger partial charge in [-0.1, -0.05) is 30.3 Å². The molecule has 3 rings (SSSR count). The molecule has 1 aliphatic rings. The highest BCUT2D eigenvalue weighted by Crippen LogP contribution is 2.19. The quantitative estimate of drug-likeness (QED) is 0.257. The third-order valence-electron chi connectivity index (χ3n) is 4.24. The number of ether oxygens (including phenoxy) is 1. The largest absolute Gasteiger partial charge is 0.394 e. The Morgan fingerprint density at radius 3 is 1.97 bits per heavy atom. The van der Waals surface area contributed by atoms with Crippen LogP contribution in [0.5, 0.6) is 0 Å². The van der Waals surface area contributed by atoms with Crippen LogP contribution in [-0.4, -0.2) is 73.6 Å². The Hall–Kier alpha value is -2.73. The zero-order chi connectivity index (χ0) is 21.6. The van der Waals surface area contributed by atoms with Crippen molar-refractivity contribution in [2.45, 2.75) is 30.7 Å². The van der Waals surface area contributed by atoms with Crippen LogP contribution in [0.3, 0.4) is 0 Å². The summed E-state index contributed by atoms with van der Waals surface area (Å²) in [4.78, 5) is 21.9. The molecule has 1 saturated heterocycles. The van der Waals surface area contributed by atoms with Crippen molar-refractivity contribution in [1.82, 2.24) is 0 Å².